The number of pyridine rings is 1. The highest BCUT2D eigenvalue weighted by atomic mass is 15.2. The molecule has 3 aromatic heterocycles. The van der Waals surface area contributed by atoms with Crippen LogP contribution in [0.15, 0.2) is 176 Å². The van der Waals surface area contributed by atoms with Crippen molar-refractivity contribution in [3.05, 3.63) is 193 Å². The van der Waals surface area contributed by atoms with Gasteiger partial charge in [0.05, 0.1) is 17.3 Å². The van der Waals surface area contributed by atoms with Gasteiger partial charge in [0.1, 0.15) is 5.82 Å². The first kappa shape index (κ1) is 30.4. The predicted octanol–water partition coefficient (Wildman–Crippen LogP) is 11.4. The minimum absolute atomic E-state index is 0.0418. The van der Waals surface area contributed by atoms with Gasteiger partial charge in [-0.2, -0.15) is 0 Å². The van der Waals surface area contributed by atoms with Crippen LogP contribution in [0.2, 0.25) is 0 Å². The highest BCUT2D eigenvalue weighted by Gasteiger charge is 2.44. The molecular weight excluding hydrogens is 661 g/mol. The number of rotatable bonds is 5. The lowest BCUT2D eigenvalue weighted by atomic mass is 9.86. The first-order valence-electron chi connectivity index (χ1n) is 18.3. The molecule has 1 aliphatic carbocycles. The van der Waals surface area contributed by atoms with Crippen LogP contribution >= 0.6 is 0 Å². The van der Waals surface area contributed by atoms with Crippen LogP contribution in [0.4, 0.5) is 11.4 Å². The topological polar surface area (TPSA) is 59.7 Å². The molecule has 0 fully saturated rings. The summed E-state index contributed by atoms with van der Waals surface area (Å²) in [6, 6.07) is 57.2. The Balaban J connectivity index is 1.06. The summed E-state index contributed by atoms with van der Waals surface area (Å²) in [6.45, 7) is 0. The van der Waals surface area contributed by atoms with Gasteiger partial charge in [-0.1, -0.05) is 133 Å². The van der Waals surface area contributed by atoms with Crippen LogP contribution in [0, 0.1) is 0 Å². The smallest absolute Gasteiger partial charge is 0.165 e. The fourth-order valence-electron chi connectivity index (χ4n) is 8.39. The molecular formula is C48H32N6. The van der Waals surface area contributed by atoms with Gasteiger partial charge >= 0.3 is 0 Å². The third-order valence-corrected chi connectivity index (χ3v) is 10.8. The number of hydrogen-bond acceptors (Lipinski definition) is 5. The predicted molar refractivity (Wildman–Crippen MR) is 218 cm³/mol. The molecule has 0 spiro atoms. The fourth-order valence-corrected chi connectivity index (χ4v) is 8.39. The van der Waals surface area contributed by atoms with Crippen LogP contribution in [-0.4, -0.2) is 24.5 Å². The summed E-state index contributed by atoms with van der Waals surface area (Å²) in [6.07, 6.45) is 6.61. The number of nitrogens with zero attached hydrogens (tertiary/aromatic N) is 6. The Morgan fingerprint density at radius 1 is 0.519 bits per heavy atom. The van der Waals surface area contributed by atoms with E-state index in [0.29, 0.717) is 17.5 Å². The van der Waals surface area contributed by atoms with Crippen molar-refractivity contribution in [2.45, 2.75) is 12.0 Å². The third kappa shape index (κ3) is 4.81. The summed E-state index contributed by atoms with van der Waals surface area (Å²) < 4.78 is 2.36. The van der Waals surface area contributed by atoms with E-state index >= 15 is 0 Å². The molecule has 0 saturated heterocycles. The summed E-state index contributed by atoms with van der Waals surface area (Å²) in [5.74, 6) is 2.86. The number of fused-ring (bicyclic) bond motifs is 8. The lowest BCUT2D eigenvalue weighted by Gasteiger charge is -2.33. The summed E-state index contributed by atoms with van der Waals surface area (Å²) in [7, 11) is 0. The van der Waals surface area contributed by atoms with Crippen molar-refractivity contribution in [1.29, 1.82) is 0 Å². The SMILES string of the molecule is C1=CC2c3ccccc3N(c3ccccc3)C2c2c1c1ccccc1n2-c1ccc(-c2nc(-c3ccccc3)nc(-c3ccc4ccccc4c3)n2)cn1. The molecule has 11 rings (SSSR count). The Morgan fingerprint density at radius 2 is 1.19 bits per heavy atom. The summed E-state index contributed by atoms with van der Waals surface area (Å²) in [4.78, 5) is 22.7. The van der Waals surface area contributed by atoms with Gasteiger partial charge in [0, 0.05) is 51.1 Å². The van der Waals surface area contributed by atoms with E-state index in [-0.39, 0.29) is 12.0 Å². The zero-order valence-corrected chi connectivity index (χ0v) is 29.2. The number of benzene rings is 6. The highest BCUT2D eigenvalue weighted by molar-refractivity contribution is 5.95. The Bertz CT molecular complexity index is 2900. The van der Waals surface area contributed by atoms with Crippen LogP contribution < -0.4 is 4.90 Å². The number of hydrogen-bond donors (Lipinski definition) is 0. The standard InChI is InChI=1S/C48H32N6/c1-3-14-32(15-4-1)46-50-47(34-24-23-31-13-7-8-16-33(31)29-34)52-48(51-46)35-25-28-43(49-30-35)54-42-22-12-10-20-38(42)40-27-26-39-37-19-9-11-21-41(37)53(44(39)45(40)54)36-17-5-2-6-18-36/h1-30,39,44H. The minimum atomic E-state index is 0.0418. The van der Waals surface area contributed by atoms with Gasteiger partial charge < -0.3 is 4.90 Å². The zero-order valence-electron chi connectivity index (χ0n) is 29.2. The second kappa shape index (κ2) is 12.2. The van der Waals surface area contributed by atoms with Crippen LogP contribution in [0.3, 0.4) is 0 Å². The lowest BCUT2D eigenvalue weighted by Crippen LogP contribution is -2.26. The van der Waals surface area contributed by atoms with Crippen molar-refractivity contribution in [2.75, 3.05) is 4.90 Å². The van der Waals surface area contributed by atoms with Crippen molar-refractivity contribution in [3.8, 4) is 40.0 Å². The Labute approximate surface area is 312 Å². The van der Waals surface area contributed by atoms with E-state index in [9.17, 15) is 0 Å². The Kier molecular flexibility index (Phi) is 6.89. The van der Waals surface area contributed by atoms with Gasteiger partial charge in [0.25, 0.3) is 0 Å². The molecule has 4 heterocycles. The van der Waals surface area contributed by atoms with E-state index in [1.165, 1.54) is 39.0 Å². The van der Waals surface area contributed by atoms with E-state index < -0.39 is 0 Å². The van der Waals surface area contributed by atoms with Gasteiger partial charge in [-0.15, -0.1) is 0 Å². The molecule has 1 aliphatic heterocycles. The molecule has 2 aliphatic rings. The average Bonchev–Trinajstić information content (AvgIpc) is 3.77. The van der Waals surface area contributed by atoms with E-state index in [4.69, 9.17) is 19.9 Å². The highest BCUT2D eigenvalue weighted by Crippen LogP contribution is 2.57. The molecule has 2 atom stereocenters. The maximum absolute atomic E-state index is 5.18. The van der Waals surface area contributed by atoms with E-state index in [1.807, 2.05) is 36.5 Å². The number of aromatic nitrogens is 5. The Morgan fingerprint density at radius 3 is 2.00 bits per heavy atom. The van der Waals surface area contributed by atoms with Crippen LogP contribution in [0.25, 0.3) is 67.7 Å². The average molecular weight is 693 g/mol. The summed E-state index contributed by atoms with van der Waals surface area (Å²) in [5.41, 5.74) is 10.0. The molecule has 9 aromatic rings. The van der Waals surface area contributed by atoms with Crippen LogP contribution in [-0.2, 0) is 0 Å². The third-order valence-electron chi connectivity index (χ3n) is 10.8. The zero-order chi connectivity index (χ0) is 35.6. The van der Waals surface area contributed by atoms with Crippen molar-refractivity contribution in [1.82, 2.24) is 24.5 Å². The van der Waals surface area contributed by atoms with E-state index in [1.54, 1.807) is 0 Å². The van der Waals surface area contributed by atoms with Crippen LogP contribution in [0.1, 0.15) is 28.8 Å². The van der Waals surface area contributed by atoms with E-state index in [2.05, 4.69) is 155 Å². The van der Waals surface area contributed by atoms with Crippen molar-refractivity contribution >= 4 is 39.1 Å². The van der Waals surface area contributed by atoms with Gasteiger partial charge in [-0.25, -0.2) is 19.9 Å². The molecule has 0 amide bonds. The first-order valence-corrected chi connectivity index (χ1v) is 18.3. The maximum Gasteiger partial charge on any atom is 0.165 e. The molecule has 54 heavy (non-hydrogen) atoms. The molecule has 6 heteroatoms. The molecule has 0 saturated carbocycles. The molecule has 254 valence electrons. The summed E-state index contributed by atoms with van der Waals surface area (Å²) >= 11 is 0. The van der Waals surface area contributed by atoms with Crippen LogP contribution in [0.5, 0.6) is 0 Å². The van der Waals surface area contributed by atoms with Gasteiger partial charge in [0.15, 0.2) is 17.5 Å². The quantitative estimate of drug-likeness (QED) is 0.180. The maximum atomic E-state index is 5.18. The monoisotopic (exact) mass is 692 g/mol. The first-order chi connectivity index (χ1) is 26.8. The molecule has 0 N–H and O–H groups in total. The largest absolute Gasteiger partial charge is 0.331 e. The molecule has 6 nitrogen and oxygen atoms in total. The molecule has 6 aromatic carbocycles. The van der Waals surface area contributed by atoms with Gasteiger partial charge in [-0.05, 0) is 58.8 Å². The van der Waals surface area contributed by atoms with Gasteiger partial charge in [0.2, 0.25) is 0 Å². The van der Waals surface area contributed by atoms with E-state index in [0.717, 1.165) is 33.4 Å². The fraction of sp³-hybridized carbons (Fsp3) is 0.0417. The second-order valence-corrected chi connectivity index (χ2v) is 13.9. The Hall–Kier alpha value is -7.18. The number of anilines is 2. The molecule has 0 radical (unpaired) electrons. The molecule has 0 bridgehead atoms. The molecule has 2 unspecified atom stereocenters. The summed E-state index contributed by atoms with van der Waals surface area (Å²) in [5, 5.41) is 3.52. The minimum Gasteiger partial charge on any atom is -0.331 e. The lowest BCUT2D eigenvalue weighted by molar-refractivity contribution is 0.634. The number of para-hydroxylation sites is 3. The van der Waals surface area contributed by atoms with Gasteiger partial charge in [-0.3, -0.25) is 4.57 Å². The normalized spacial score (nSPS) is 15.7. The van der Waals surface area contributed by atoms with Crippen molar-refractivity contribution in [2.24, 2.45) is 0 Å². The van der Waals surface area contributed by atoms with Crippen molar-refractivity contribution < 1.29 is 0 Å². The van der Waals surface area contributed by atoms with Crippen molar-refractivity contribution in [3.63, 3.8) is 0 Å². The second-order valence-electron chi connectivity index (χ2n) is 13.9.